The first kappa shape index (κ1) is 7.03. The molecule has 2 heteroatoms. The fraction of sp³-hybridized carbons (Fsp3) is 0.857. The van der Waals surface area contributed by atoms with Gasteiger partial charge >= 0.3 is 0 Å². The van der Waals surface area contributed by atoms with Gasteiger partial charge in [0.25, 0.3) is 0 Å². The predicted molar refractivity (Wildman–Crippen MR) is 36.9 cm³/mol. The summed E-state index contributed by atoms with van der Waals surface area (Å²) >= 11 is 0. The van der Waals surface area contributed by atoms with Gasteiger partial charge in [-0.15, -0.1) is 0 Å². The minimum Gasteiger partial charge on any atom is -0.380 e. The Kier molecular flexibility index (Phi) is 2.49. The summed E-state index contributed by atoms with van der Waals surface area (Å²) in [6.07, 6.45) is 4.07. The third-order valence-electron chi connectivity index (χ3n) is 2.02. The fourth-order valence-electron chi connectivity index (χ4n) is 1.44. The highest BCUT2D eigenvalue weighted by molar-refractivity contribution is 4.83. The maximum atomic E-state index is 5.21. The standard InChI is InChI=1S/C7H14NO/c1-8-6-4-3-5-7(6)9-2/h6-8H,1,3-5H2,2H3/t6?,7-/m1/s1. The average molecular weight is 128 g/mol. The van der Waals surface area contributed by atoms with Crippen molar-refractivity contribution >= 4 is 0 Å². The summed E-state index contributed by atoms with van der Waals surface area (Å²) in [5.74, 6) is 0. The number of hydrogen-bond donors (Lipinski definition) is 1. The molecule has 1 rings (SSSR count). The summed E-state index contributed by atoms with van der Waals surface area (Å²) in [6.45, 7) is 0. The lowest BCUT2D eigenvalue weighted by Gasteiger charge is -2.16. The first-order valence-corrected chi connectivity index (χ1v) is 3.44. The van der Waals surface area contributed by atoms with Crippen molar-refractivity contribution in [1.82, 2.24) is 5.32 Å². The molecule has 0 saturated heterocycles. The zero-order valence-corrected chi connectivity index (χ0v) is 5.89. The van der Waals surface area contributed by atoms with Gasteiger partial charge in [0.15, 0.2) is 0 Å². The van der Waals surface area contributed by atoms with Crippen molar-refractivity contribution in [1.29, 1.82) is 0 Å². The molecular formula is C7H14NO. The molecule has 1 N–H and O–H groups in total. The smallest absolute Gasteiger partial charge is 0.0724 e. The number of rotatable bonds is 2. The molecule has 1 saturated carbocycles. The van der Waals surface area contributed by atoms with Crippen molar-refractivity contribution in [3.05, 3.63) is 7.05 Å². The summed E-state index contributed by atoms with van der Waals surface area (Å²) < 4.78 is 5.21. The Balaban J connectivity index is 2.32. The minimum absolute atomic E-state index is 0.405. The second kappa shape index (κ2) is 3.18. The highest BCUT2D eigenvalue weighted by atomic mass is 16.5. The van der Waals surface area contributed by atoms with Crippen molar-refractivity contribution in [3.8, 4) is 0 Å². The molecule has 0 spiro atoms. The maximum Gasteiger partial charge on any atom is 0.0724 e. The molecule has 1 unspecified atom stereocenters. The van der Waals surface area contributed by atoms with Crippen LogP contribution < -0.4 is 5.32 Å². The van der Waals surface area contributed by atoms with E-state index in [-0.39, 0.29) is 0 Å². The molecular weight excluding hydrogens is 114 g/mol. The highest BCUT2D eigenvalue weighted by Crippen LogP contribution is 2.20. The summed E-state index contributed by atoms with van der Waals surface area (Å²) in [4.78, 5) is 0. The van der Waals surface area contributed by atoms with E-state index in [2.05, 4.69) is 12.4 Å². The second-order valence-corrected chi connectivity index (χ2v) is 2.52. The van der Waals surface area contributed by atoms with E-state index in [1.807, 2.05) is 0 Å². The van der Waals surface area contributed by atoms with Crippen molar-refractivity contribution in [3.63, 3.8) is 0 Å². The van der Waals surface area contributed by atoms with E-state index in [4.69, 9.17) is 4.74 Å². The van der Waals surface area contributed by atoms with Crippen molar-refractivity contribution in [2.24, 2.45) is 0 Å². The molecule has 0 heterocycles. The van der Waals surface area contributed by atoms with Crippen LogP contribution in [0, 0.1) is 7.05 Å². The van der Waals surface area contributed by atoms with Gasteiger partial charge in [0.2, 0.25) is 0 Å². The fourth-order valence-corrected chi connectivity index (χ4v) is 1.44. The SMILES string of the molecule is [CH2]NC1CCC[C@H]1OC. The largest absolute Gasteiger partial charge is 0.380 e. The summed E-state index contributed by atoms with van der Waals surface area (Å²) in [6, 6.07) is 0.495. The molecule has 0 aromatic rings. The van der Waals surface area contributed by atoms with E-state index in [9.17, 15) is 0 Å². The van der Waals surface area contributed by atoms with Gasteiger partial charge in [0.1, 0.15) is 0 Å². The third-order valence-corrected chi connectivity index (χ3v) is 2.02. The first-order chi connectivity index (χ1) is 4.38. The molecule has 9 heavy (non-hydrogen) atoms. The van der Waals surface area contributed by atoms with Crippen LogP contribution in [0.2, 0.25) is 0 Å². The molecule has 0 aromatic heterocycles. The third kappa shape index (κ3) is 1.43. The first-order valence-electron chi connectivity index (χ1n) is 3.44. The van der Waals surface area contributed by atoms with Crippen LogP contribution in [0.5, 0.6) is 0 Å². The van der Waals surface area contributed by atoms with Crippen LogP contribution in [-0.2, 0) is 4.74 Å². The van der Waals surface area contributed by atoms with Gasteiger partial charge in [0, 0.05) is 20.2 Å². The van der Waals surface area contributed by atoms with Crippen LogP contribution in [0.1, 0.15) is 19.3 Å². The van der Waals surface area contributed by atoms with E-state index in [0.717, 1.165) is 0 Å². The van der Waals surface area contributed by atoms with Crippen molar-refractivity contribution < 1.29 is 4.74 Å². The maximum absolute atomic E-state index is 5.21. The lowest BCUT2D eigenvalue weighted by atomic mass is 10.2. The van der Waals surface area contributed by atoms with Gasteiger partial charge in [-0.05, 0) is 19.3 Å². The lowest BCUT2D eigenvalue weighted by Crippen LogP contribution is -2.32. The van der Waals surface area contributed by atoms with Gasteiger partial charge in [0.05, 0.1) is 6.10 Å². The van der Waals surface area contributed by atoms with Crippen LogP contribution in [0.15, 0.2) is 0 Å². The monoisotopic (exact) mass is 128 g/mol. The Hall–Kier alpha value is -0.0800. The molecule has 0 bridgehead atoms. The zero-order chi connectivity index (χ0) is 6.69. The molecule has 1 fully saturated rings. The molecule has 53 valence electrons. The summed E-state index contributed by atoms with van der Waals surface area (Å²) in [7, 11) is 5.40. The van der Waals surface area contributed by atoms with Crippen LogP contribution in [-0.4, -0.2) is 19.3 Å². The predicted octanol–water partition coefficient (Wildman–Crippen LogP) is 0.935. The van der Waals surface area contributed by atoms with Gasteiger partial charge < -0.3 is 10.1 Å². The topological polar surface area (TPSA) is 21.3 Å². The molecule has 1 aliphatic carbocycles. The summed E-state index contributed by atoms with van der Waals surface area (Å²) in [5, 5.41) is 2.99. The van der Waals surface area contributed by atoms with Crippen molar-refractivity contribution in [2.75, 3.05) is 7.11 Å². The van der Waals surface area contributed by atoms with Crippen LogP contribution in [0.4, 0.5) is 0 Å². The van der Waals surface area contributed by atoms with Crippen LogP contribution >= 0.6 is 0 Å². The molecule has 0 aromatic carbocycles. The molecule has 1 radical (unpaired) electrons. The lowest BCUT2D eigenvalue weighted by molar-refractivity contribution is 0.0890. The minimum atomic E-state index is 0.405. The zero-order valence-electron chi connectivity index (χ0n) is 5.89. The highest BCUT2D eigenvalue weighted by Gasteiger charge is 2.24. The quantitative estimate of drug-likeness (QED) is 0.597. The van der Waals surface area contributed by atoms with Crippen LogP contribution in [0.3, 0.4) is 0 Å². The van der Waals surface area contributed by atoms with E-state index >= 15 is 0 Å². The normalized spacial score (nSPS) is 35.3. The number of hydrogen-bond acceptors (Lipinski definition) is 2. The molecule has 0 amide bonds. The van der Waals surface area contributed by atoms with Gasteiger partial charge in [-0.1, -0.05) is 0 Å². The average Bonchev–Trinajstić information content (AvgIpc) is 2.33. The number of nitrogens with one attached hydrogen (secondary N) is 1. The molecule has 1 aliphatic rings. The van der Waals surface area contributed by atoms with E-state index in [0.29, 0.717) is 12.1 Å². The number of ether oxygens (including phenoxy) is 1. The Labute approximate surface area is 56.6 Å². The van der Waals surface area contributed by atoms with Gasteiger partial charge in [-0.25, -0.2) is 0 Å². The molecule has 0 aliphatic heterocycles. The Morgan fingerprint density at radius 1 is 1.56 bits per heavy atom. The molecule has 2 nitrogen and oxygen atoms in total. The Morgan fingerprint density at radius 2 is 2.33 bits per heavy atom. The van der Waals surface area contributed by atoms with E-state index in [1.165, 1.54) is 19.3 Å². The number of methoxy groups -OCH3 is 1. The van der Waals surface area contributed by atoms with Crippen molar-refractivity contribution in [2.45, 2.75) is 31.4 Å². The van der Waals surface area contributed by atoms with Gasteiger partial charge in [-0.2, -0.15) is 0 Å². The van der Waals surface area contributed by atoms with Gasteiger partial charge in [-0.3, -0.25) is 0 Å². The van der Waals surface area contributed by atoms with E-state index in [1.54, 1.807) is 7.11 Å². The van der Waals surface area contributed by atoms with Crippen LogP contribution in [0.25, 0.3) is 0 Å². The Morgan fingerprint density at radius 3 is 2.78 bits per heavy atom. The molecule has 2 atom stereocenters. The Bertz CT molecular complexity index is 75.0. The summed E-state index contributed by atoms with van der Waals surface area (Å²) in [5.41, 5.74) is 0. The van der Waals surface area contributed by atoms with E-state index < -0.39 is 0 Å². The second-order valence-electron chi connectivity index (χ2n) is 2.52.